The summed E-state index contributed by atoms with van der Waals surface area (Å²) in [6.07, 6.45) is 0.723. The number of hydrogen-bond acceptors (Lipinski definition) is 2. The van der Waals surface area contributed by atoms with E-state index in [0.29, 0.717) is 15.7 Å². The van der Waals surface area contributed by atoms with Gasteiger partial charge >= 0.3 is 0 Å². The van der Waals surface area contributed by atoms with Gasteiger partial charge in [-0.1, -0.05) is 12.1 Å². The number of aromatic nitrogens is 2. The maximum absolute atomic E-state index is 13.1. The lowest BCUT2D eigenvalue weighted by atomic mass is 10.1. The van der Waals surface area contributed by atoms with E-state index in [0.717, 1.165) is 29.1 Å². The Morgan fingerprint density at radius 2 is 1.88 bits per heavy atom. The number of amides is 1. The van der Waals surface area contributed by atoms with Crippen LogP contribution in [0, 0.1) is 23.2 Å². The van der Waals surface area contributed by atoms with Crippen LogP contribution in [0.15, 0.2) is 48.5 Å². The molecule has 0 radical (unpaired) electrons. The summed E-state index contributed by atoms with van der Waals surface area (Å²) >= 11 is 1.97. The van der Waals surface area contributed by atoms with Crippen LogP contribution in [0.5, 0.6) is 0 Å². The van der Waals surface area contributed by atoms with Crippen LogP contribution in [0.1, 0.15) is 27.3 Å². The van der Waals surface area contributed by atoms with Crippen LogP contribution in [-0.2, 0) is 6.42 Å². The van der Waals surface area contributed by atoms with Crippen molar-refractivity contribution in [3.8, 4) is 5.69 Å². The monoisotopic (exact) mass is 463 g/mol. The van der Waals surface area contributed by atoms with Gasteiger partial charge < -0.3 is 5.32 Å². The van der Waals surface area contributed by atoms with E-state index in [1.54, 1.807) is 0 Å². The first kappa shape index (κ1) is 18.6. The number of carbonyl (C=O) groups is 1. The molecule has 1 amide bonds. The number of rotatable bonds is 5. The number of nitrogens with zero attached hydrogens (tertiary/aromatic N) is 2. The van der Waals surface area contributed by atoms with Crippen molar-refractivity contribution >= 4 is 28.5 Å². The third kappa shape index (κ3) is 4.30. The Morgan fingerprint density at radius 3 is 2.50 bits per heavy atom. The SMILES string of the molecule is Cc1cc(C)n(-c2ccc(CCNC(=O)c3ccc(F)cc3I)cc2)n1. The van der Waals surface area contributed by atoms with Crippen molar-refractivity contribution in [2.45, 2.75) is 20.3 Å². The summed E-state index contributed by atoms with van der Waals surface area (Å²) in [5.41, 5.74) is 4.72. The van der Waals surface area contributed by atoms with E-state index in [4.69, 9.17) is 0 Å². The first-order valence-electron chi connectivity index (χ1n) is 8.30. The number of benzene rings is 2. The van der Waals surface area contributed by atoms with Crippen LogP contribution >= 0.6 is 22.6 Å². The van der Waals surface area contributed by atoms with Gasteiger partial charge in [0, 0.05) is 15.8 Å². The van der Waals surface area contributed by atoms with Gasteiger partial charge in [-0.3, -0.25) is 4.79 Å². The molecule has 3 rings (SSSR count). The predicted octanol–water partition coefficient (Wildman–Crippen LogP) is 4.21. The molecule has 0 saturated carbocycles. The van der Waals surface area contributed by atoms with Crippen LogP contribution in [0.3, 0.4) is 0 Å². The molecular formula is C20H19FIN3O. The average Bonchev–Trinajstić information content (AvgIpc) is 2.93. The quantitative estimate of drug-likeness (QED) is 0.577. The first-order valence-corrected chi connectivity index (χ1v) is 9.38. The zero-order valence-electron chi connectivity index (χ0n) is 14.6. The molecule has 4 nitrogen and oxygen atoms in total. The average molecular weight is 463 g/mol. The zero-order valence-corrected chi connectivity index (χ0v) is 16.7. The first-order chi connectivity index (χ1) is 12.4. The summed E-state index contributed by atoms with van der Waals surface area (Å²) in [6, 6.07) is 14.3. The predicted molar refractivity (Wildman–Crippen MR) is 108 cm³/mol. The van der Waals surface area contributed by atoms with E-state index >= 15 is 0 Å². The van der Waals surface area contributed by atoms with Crippen LogP contribution in [-0.4, -0.2) is 22.2 Å². The number of halogens is 2. The fourth-order valence-corrected chi connectivity index (χ4v) is 3.51. The lowest BCUT2D eigenvalue weighted by molar-refractivity contribution is 0.0953. The van der Waals surface area contributed by atoms with Crippen molar-refractivity contribution in [3.05, 3.63) is 80.4 Å². The highest BCUT2D eigenvalue weighted by Crippen LogP contribution is 2.15. The van der Waals surface area contributed by atoms with Crippen molar-refractivity contribution < 1.29 is 9.18 Å². The number of hydrogen-bond donors (Lipinski definition) is 1. The van der Waals surface area contributed by atoms with Crippen LogP contribution in [0.2, 0.25) is 0 Å². The molecule has 0 fully saturated rings. The highest BCUT2D eigenvalue weighted by Gasteiger charge is 2.10. The van der Waals surface area contributed by atoms with E-state index in [9.17, 15) is 9.18 Å². The van der Waals surface area contributed by atoms with Crippen molar-refractivity contribution in [1.82, 2.24) is 15.1 Å². The molecule has 1 N–H and O–H groups in total. The summed E-state index contributed by atoms with van der Waals surface area (Å²) in [7, 11) is 0. The Bertz CT molecular complexity index is 935. The minimum atomic E-state index is -0.339. The third-order valence-corrected chi connectivity index (χ3v) is 4.96. The van der Waals surface area contributed by atoms with Crippen molar-refractivity contribution in [2.24, 2.45) is 0 Å². The van der Waals surface area contributed by atoms with Crippen molar-refractivity contribution in [1.29, 1.82) is 0 Å². The topological polar surface area (TPSA) is 46.9 Å². The van der Waals surface area contributed by atoms with Gasteiger partial charge in [0.2, 0.25) is 0 Å². The molecule has 0 saturated heterocycles. The normalized spacial score (nSPS) is 10.8. The van der Waals surface area contributed by atoms with Crippen molar-refractivity contribution in [2.75, 3.05) is 6.54 Å². The smallest absolute Gasteiger partial charge is 0.252 e. The molecule has 134 valence electrons. The highest BCUT2D eigenvalue weighted by molar-refractivity contribution is 14.1. The molecule has 0 spiro atoms. The highest BCUT2D eigenvalue weighted by atomic mass is 127. The molecule has 1 aromatic heterocycles. The van der Waals surface area contributed by atoms with Crippen molar-refractivity contribution in [3.63, 3.8) is 0 Å². The minimum Gasteiger partial charge on any atom is -0.352 e. The second-order valence-corrected chi connectivity index (χ2v) is 7.30. The molecule has 2 aromatic carbocycles. The van der Waals surface area contributed by atoms with Gasteiger partial charge in [0.1, 0.15) is 5.82 Å². The van der Waals surface area contributed by atoms with Gasteiger partial charge in [-0.05, 0) is 84.8 Å². The number of aryl methyl sites for hydroxylation is 2. The Labute approximate surface area is 165 Å². The lowest BCUT2D eigenvalue weighted by Crippen LogP contribution is -2.26. The Balaban J connectivity index is 1.58. The fraction of sp³-hybridized carbons (Fsp3) is 0.200. The molecule has 0 unspecified atom stereocenters. The third-order valence-electron chi connectivity index (χ3n) is 4.07. The Kier molecular flexibility index (Phi) is 5.70. The number of carbonyl (C=O) groups excluding carboxylic acids is 1. The maximum atomic E-state index is 13.1. The molecule has 0 bridgehead atoms. The molecule has 0 aliphatic heterocycles. The van der Waals surface area contributed by atoms with E-state index in [2.05, 4.69) is 10.4 Å². The van der Waals surface area contributed by atoms with Gasteiger partial charge in [0.05, 0.1) is 16.9 Å². The molecule has 26 heavy (non-hydrogen) atoms. The van der Waals surface area contributed by atoms with E-state index in [1.165, 1.54) is 18.2 Å². The second-order valence-electron chi connectivity index (χ2n) is 6.14. The summed E-state index contributed by atoms with van der Waals surface area (Å²) < 4.78 is 15.6. The van der Waals surface area contributed by atoms with Crippen LogP contribution in [0.25, 0.3) is 5.69 Å². The van der Waals surface area contributed by atoms with E-state index in [-0.39, 0.29) is 11.7 Å². The molecule has 0 aliphatic rings. The molecular weight excluding hydrogens is 444 g/mol. The fourth-order valence-electron chi connectivity index (χ4n) is 2.78. The summed E-state index contributed by atoms with van der Waals surface area (Å²) in [4.78, 5) is 12.2. The van der Waals surface area contributed by atoms with Crippen LogP contribution in [0.4, 0.5) is 4.39 Å². The summed E-state index contributed by atoms with van der Waals surface area (Å²) in [6.45, 7) is 4.52. The largest absolute Gasteiger partial charge is 0.352 e. The Hall–Kier alpha value is -2.22. The van der Waals surface area contributed by atoms with Gasteiger partial charge in [0.25, 0.3) is 5.91 Å². The second kappa shape index (κ2) is 7.99. The van der Waals surface area contributed by atoms with Gasteiger partial charge in [-0.15, -0.1) is 0 Å². The summed E-state index contributed by atoms with van der Waals surface area (Å²) in [5, 5.41) is 7.36. The minimum absolute atomic E-state index is 0.186. The summed E-state index contributed by atoms with van der Waals surface area (Å²) in [5.74, 6) is -0.526. The van der Waals surface area contributed by atoms with E-state index < -0.39 is 0 Å². The molecule has 3 aromatic rings. The lowest BCUT2D eigenvalue weighted by Gasteiger charge is -2.08. The molecule has 0 aliphatic carbocycles. The van der Waals surface area contributed by atoms with Gasteiger partial charge in [-0.2, -0.15) is 5.10 Å². The molecule has 1 heterocycles. The van der Waals surface area contributed by atoms with E-state index in [1.807, 2.05) is 71.5 Å². The molecule has 0 atom stereocenters. The van der Waals surface area contributed by atoms with Gasteiger partial charge in [0.15, 0.2) is 0 Å². The molecule has 6 heteroatoms. The van der Waals surface area contributed by atoms with Crippen LogP contribution < -0.4 is 5.32 Å². The Morgan fingerprint density at radius 1 is 1.15 bits per heavy atom. The number of nitrogens with one attached hydrogen (secondary N) is 1. The van der Waals surface area contributed by atoms with Gasteiger partial charge in [-0.25, -0.2) is 9.07 Å². The standard InChI is InChI=1S/C20H19FIN3O/c1-13-11-14(2)25(24-13)17-6-3-15(4-7-17)9-10-23-20(26)18-8-5-16(21)12-19(18)22/h3-8,11-12H,9-10H2,1-2H3,(H,23,26). The maximum Gasteiger partial charge on any atom is 0.252 e. The zero-order chi connectivity index (χ0) is 18.7.